The highest BCUT2D eigenvalue weighted by molar-refractivity contribution is 5.55. The molecular weight excluding hydrogens is 367 g/mol. The zero-order valence-electron chi connectivity index (χ0n) is 15.6. The molecule has 8 nitrogen and oxygen atoms in total. The summed E-state index contributed by atoms with van der Waals surface area (Å²) in [7, 11) is 0. The van der Waals surface area contributed by atoms with Crippen LogP contribution in [0.3, 0.4) is 0 Å². The first-order chi connectivity index (χ1) is 13.5. The Labute approximate surface area is 161 Å². The number of carbonyl (C=O) groups is 1. The quantitative estimate of drug-likeness (QED) is 0.683. The average Bonchev–Trinajstić information content (AvgIpc) is 3.10. The van der Waals surface area contributed by atoms with Gasteiger partial charge in [-0.2, -0.15) is 5.10 Å². The minimum atomic E-state index is -0.251. The summed E-state index contributed by atoms with van der Waals surface area (Å²) >= 11 is 0. The molecule has 0 atom stereocenters. The molecule has 0 unspecified atom stereocenters. The number of aromatic amines is 1. The predicted molar refractivity (Wildman–Crippen MR) is 101 cm³/mol. The van der Waals surface area contributed by atoms with Crippen LogP contribution in [0.15, 0.2) is 23.1 Å². The van der Waals surface area contributed by atoms with Gasteiger partial charge in [0.05, 0.1) is 11.9 Å². The number of nitrogens with one attached hydrogen (secondary N) is 2. The van der Waals surface area contributed by atoms with E-state index in [1.807, 2.05) is 11.0 Å². The van der Waals surface area contributed by atoms with Gasteiger partial charge in [-0.05, 0) is 44.5 Å². The van der Waals surface area contributed by atoms with Crippen molar-refractivity contribution in [3.63, 3.8) is 0 Å². The third-order valence-electron chi connectivity index (χ3n) is 4.98. The number of aromatic nitrogens is 2. The van der Waals surface area contributed by atoms with Crippen LogP contribution >= 0.6 is 0 Å². The van der Waals surface area contributed by atoms with Crippen molar-refractivity contribution < 1.29 is 19.0 Å². The first-order valence-corrected chi connectivity index (χ1v) is 9.09. The van der Waals surface area contributed by atoms with Crippen molar-refractivity contribution >= 4 is 12.2 Å². The molecule has 0 spiro atoms. The van der Waals surface area contributed by atoms with Crippen LogP contribution in [0, 0.1) is 12.7 Å². The number of carboxylic acid groups (broad SMARTS) is 1. The fourth-order valence-electron chi connectivity index (χ4n) is 3.55. The molecule has 0 radical (unpaired) electrons. The van der Waals surface area contributed by atoms with E-state index in [1.54, 1.807) is 13.1 Å². The number of halogens is 1. The SMILES string of the molecule is Cc1c(N2Cc3cc(OC4CCNCC4)cc(F)c3C2)cn[nH]c1=O.O=CO. The van der Waals surface area contributed by atoms with E-state index in [9.17, 15) is 9.18 Å². The Morgan fingerprint density at radius 1 is 1.32 bits per heavy atom. The molecule has 9 heteroatoms. The second kappa shape index (κ2) is 8.83. The molecule has 2 aliphatic rings. The summed E-state index contributed by atoms with van der Waals surface area (Å²) in [4.78, 5) is 22.1. The Morgan fingerprint density at radius 3 is 2.75 bits per heavy atom. The molecule has 3 N–H and O–H groups in total. The highest BCUT2D eigenvalue weighted by atomic mass is 19.1. The second-order valence-corrected chi connectivity index (χ2v) is 6.78. The Kier molecular flexibility index (Phi) is 6.25. The van der Waals surface area contributed by atoms with Crippen LogP contribution in [0.4, 0.5) is 10.1 Å². The molecule has 0 aliphatic carbocycles. The second-order valence-electron chi connectivity index (χ2n) is 6.78. The Balaban J connectivity index is 0.000000706. The Bertz CT molecular complexity index is 896. The molecule has 0 bridgehead atoms. The number of fused-ring (bicyclic) bond motifs is 1. The molecule has 150 valence electrons. The van der Waals surface area contributed by atoms with Crippen LogP contribution in [-0.4, -0.2) is 41.0 Å². The predicted octanol–water partition coefficient (Wildman–Crippen LogP) is 1.57. The van der Waals surface area contributed by atoms with E-state index in [1.165, 1.54) is 6.07 Å². The molecule has 3 heterocycles. The Hall–Kier alpha value is -2.94. The molecule has 1 aromatic heterocycles. The first-order valence-electron chi connectivity index (χ1n) is 9.09. The van der Waals surface area contributed by atoms with Crippen LogP contribution in [0.25, 0.3) is 0 Å². The lowest BCUT2D eigenvalue weighted by Crippen LogP contribution is -2.34. The number of anilines is 1. The lowest BCUT2D eigenvalue weighted by molar-refractivity contribution is -0.122. The molecule has 1 fully saturated rings. The number of rotatable bonds is 3. The van der Waals surface area contributed by atoms with Crippen LogP contribution < -0.4 is 20.5 Å². The third kappa shape index (κ3) is 4.30. The summed E-state index contributed by atoms with van der Waals surface area (Å²) in [6.45, 7) is 4.34. The summed E-state index contributed by atoms with van der Waals surface area (Å²) in [5.74, 6) is 0.338. The van der Waals surface area contributed by atoms with E-state index in [0.29, 0.717) is 30.0 Å². The van der Waals surface area contributed by atoms with Gasteiger partial charge in [0, 0.05) is 30.3 Å². The average molecular weight is 390 g/mol. The molecule has 0 saturated carbocycles. The van der Waals surface area contributed by atoms with Crippen molar-refractivity contribution in [2.45, 2.75) is 39.0 Å². The van der Waals surface area contributed by atoms with Crippen molar-refractivity contribution in [1.82, 2.24) is 15.5 Å². The largest absolute Gasteiger partial charge is 0.490 e. The number of hydrogen-bond donors (Lipinski definition) is 3. The maximum absolute atomic E-state index is 14.6. The fraction of sp³-hybridized carbons (Fsp3) is 0.421. The van der Waals surface area contributed by atoms with E-state index in [-0.39, 0.29) is 24.0 Å². The third-order valence-corrected chi connectivity index (χ3v) is 4.98. The first kappa shape index (κ1) is 19.8. The highest BCUT2D eigenvalue weighted by Crippen LogP contribution is 2.33. The van der Waals surface area contributed by atoms with E-state index < -0.39 is 0 Å². The standard InChI is InChI=1S/C18H21FN4O2.CH2O2/c1-11-17(8-21-22-18(11)24)23-9-12-6-14(7-16(19)15(12)10-23)25-13-2-4-20-5-3-13;2-1-3/h6-8,13,20H,2-5,9-10H2,1H3,(H,22,24);1H,(H,2,3). The van der Waals surface area contributed by atoms with E-state index >= 15 is 0 Å². The summed E-state index contributed by atoms with van der Waals surface area (Å²) < 4.78 is 20.6. The van der Waals surface area contributed by atoms with E-state index in [2.05, 4.69) is 15.5 Å². The minimum absolute atomic E-state index is 0.135. The van der Waals surface area contributed by atoms with Gasteiger partial charge in [-0.1, -0.05) is 0 Å². The van der Waals surface area contributed by atoms with E-state index in [0.717, 1.165) is 37.2 Å². The van der Waals surface area contributed by atoms with Crippen molar-refractivity contribution in [3.05, 3.63) is 51.2 Å². The maximum Gasteiger partial charge on any atom is 0.290 e. The lowest BCUT2D eigenvalue weighted by Gasteiger charge is -2.24. The van der Waals surface area contributed by atoms with Crippen LogP contribution in [0.2, 0.25) is 0 Å². The number of hydrogen-bond acceptors (Lipinski definition) is 6. The van der Waals surface area contributed by atoms with Gasteiger partial charge in [-0.3, -0.25) is 9.59 Å². The van der Waals surface area contributed by atoms with Gasteiger partial charge in [0.1, 0.15) is 17.7 Å². The molecular formula is C19H23FN4O4. The van der Waals surface area contributed by atoms with E-state index in [4.69, 9.17) is 14.6 Å². The van der Waals surface area contributed by atoms with Gasteiger partial charge < -0.3 is 20.1 Å². The zero-order valence-corrected chi connectivity index (χ0v) is 15.6. The van der Waals surface area contributed by atoms with Crippen molar-refractivity contribution in [2.24, 2.45) is 0 Å². The maximum atomic E-state index is 14.6. The molecule has 4 rings (SSSR count). The normalized spacial score (nSPS) is 16.1. The lowest BCUT2D eigenvalue weighted by atomic mass is 10.1. The summed E-state index contributed by atoms with van der Waals surface area (Å²) in [5, 5.41) is 16.5. The number of ether oxygens (including phenoxy) is 1. The number of nitrogens with zero attached hydrogens (tertiary/aromatic N) is 2. The molecule has 2 aromatic rings. The Morgan fingerprint density at radius 2 is 2.04 bits per heavy atom. The van der Waals surface area contributed by atoms with Crippen molar-refractivity contribution in [3.8, 4) is 5.75 Å². The van der Waals surface area contributed by atoms with Gasteiger partial charge in [-0.25, -0.2) is 9.49 Å². The number of H-pyrrole nitrogens is 1. The van der Waals surface area contributed by atoms with Gasteiger partial charge in [0.2, 0.25) is 0 Å². The van der Waals surface area contributed by atoms with Crippen molar-refractivity contribution in [2.75, 3.05) is 18.0 Å². The van der Waals surface area contributed by atoms with Gasteiger partial charge in [-0.15, -0.1) is 0 Å². The highest BCUT2D eigenvalue weighted by Gasteiger charge is 2.26. The molecule has 1 aromatic carbocycles. The van der Waals surface area contributed by atoms with Gasteiger partial charge in [0.15, 0.2) is 0 Å². The molecule has 2 aliphatic heterocycles. The topological polar surface area (TPSA) is 108 Å². The number of benzene rings is 1. The molecule has 28 heavy (non-hydrogen) atoms. The summed E-state index contributed by atoms with van der Waals surface area (Å²) in [6.07, 6.45) is 3.62. The zero-order chi connectivity index (χ0) is 20.1. The van der Waals surface area contributed by atoms with Crippen LogP contribution in [0.1, 0.15) is 29.5 Å². The van der Waals surface area contributed by atoms with Crippen LogP contribution in [0.5, 0.6) is 5.75 Å². The van der Waals surface area contributed by atoms with Gasteiger partial charge in [0.25, 0.3) is 12.0 Å². The molecule has 1 saturated heterocycles. The molecule has 0 amide bonds. The monoisotopic (exact) mass is 390 g/mol. The minimum Gasteiger partial charge on any atom is -0.490 e. The number of piperidine rings is 1. The smallest absolute Gasteiger partial charge is 0.290 e. The van der Waals surface area contributed by atoms with Crippen LogP contribution in [-0.2, 0) is 17.9 Å². The fourth-order valence-corrected chi connectivity index (χ4v) is 3.55. The summed E-state index contributed by atoms with van der Waals surface area (Å²) in [6, 6.07) is 3.41. The van der Waals surface area contributed by atoms with Crippen molar-refractivity contribution in [1.29, 1.82) is 0 Å². The summed E-state index contributed by atoms with van der Waals surface area (Å²) in [5.41, 5.74) is 2.68. The van der Waals surface area contributed by atoms with Gasteiger partial charge >= 0.3 is 0 Å².